The second kappa shape index (κ2) is 39.7. The van der Waals surface area contributed by atoms with Crippen LogP contribution in [0.5, 0.6) is 11.5 Å². The number of para-hydroxylation sites is 3. The number of fused-ring (bicyclic) bond motifs is 9. The minimum atomic E-state index is -0.260. The first-order valence-corrected chi connectivity index (χ1v) is 50.0. The minimum Gasteiger partial charge on any atom is -0.663 e. The van der Waals surface area contributed by atoms with Gasteiger partial charge in [0, 0.05) is 128 Å². The largest absolute Gasteiger partial charge is 2.00 e. The van der Waals surface area contributed by atoms with Crippen LogP contribution in [0.25, 0.3) is 206 Å². The fourth-order valence-electron chi connectivity index (χ4n) is 20.0. The summed E-state index contributed by atoms with van der Waals surface area (Å²) >= 11 is 0. The number of aromatic nitrogens is 15. The SMILES string of the molecule is Cc1c2cccc(-c3cc(-c4ccccc4)cc(-n4nc(-c5cc(C(C)(C)C)cc(C(C)(C)C)c5O)c5ccccc54)n3)c2nn1C.Cc1cc(-c2cc(-c3ccccc3)cc(-n3nc(-c4cc(C(C)(C)C)cc5c4[n-]c4ccc(C(C)(C)C)cc45)c4ccccc43)n2)c2[n-]ccc2c1.Cn1cc2cccc(-c3cc(-c4ccccc4)cc(-n4nc(-c5cc(C(C)(C)C)cc(C(C)(C)C)c5O)c5ccccc54)n3)c2n1.[Pt+2].[Pt].[Pt]. The minimum absolute atomic E-state index is 0. The second-order valence-corrected chi connectivity index (χ2v) is 45.0. The summed E-state index contributed by atoms with van der Waals surface area (Å²) in [7, 11) is 3.92. The molecule has 0 fully saturated rings. The van der Waals surface area contributed by atoms with Crippen molar-refractivity contribution in [3.05, 3.63) is 366 Å². The molecular weight excluding hydrogens is 2360 g/mol. The zero-order chi connectivity index (χ0) is 102. The molecule has 0 aliphatic rings. The van der Waals surface area contributed by atoms with Gasteiger partial charge in [-0.15, -0.1) is 16.6 Å². The third kappa shape index (κ3) is 19.7. The van der Waals surface area contributed by atoms with Crippen LogP contribution in [-0.4, -0.2) is 74.1 Å². The summed E-state index contributed by atoms with van der Waals surface area (Å²) in [6.45, 7) is 43.9. The average Bonchev–Trinajstić information content (AvgIpc) is 1.58. The molecular formula is C128H121N15O2Pt3. The van der Waals surface area contributed by atoms with Gasteiger partial charge in [-0.1, -0.05) is 367 Å². The molecule has 0 bridgehead atoms. The Morgan fingerprint density at radius 2 is 0.682 bits per heavy atom. The summed E-state index contributed by atoms with van der Waals surface area (Å²) in [6, 6.07) is 108. The number of nitrogens with zero attached hydrogens (tertiary/aromatic N) is 15. The van der Waals surface area contributed by atoms with Crippen molar-refractivity contribution in [1.29, 1.82) is 0 Å². The first-order chi connectivity index (χ1) is 69.1. The number of rotatable bonds is 12. The van der Waals surface area contributed by atoms with Gasteiger partial charge in [-0.25, -0.2) is 29.0 Å². The van der Waals surface area contributed by atoms with E-state index in [1.54, 1.807) is 0 Å². The van der Waals surface area contributed by atoms with Gasteiger partial charge < -0.3 is 20.2 Å². The Bertz CT molecular complexity index is 9020. The summed E-state index contributed by atoms with van der Waals surface area (Å²) in [6.07, 6.45) is 3.90. The molecule has 0 saturated carbocycles. The van der Waals surface area contributed by atoms with Crippen LogP contribution in [0.3, 0.4) is 0 Å². The second-order valence-electron chi connectivity index (χ2n) is 45.0. The summed E-state index contributed by atoms with van der Waals surface area (Å²) in [5.74, 6) is 2.66. The molecule has 23 aromatic rings. The maximum Gasteiger partial charge on any atom is 2.00 e. The summed E-state index contributed by atoms with van der Waals surface area (Å²) in [5.41, 5.74) is 32.4. The molecule has 0 atom stereocenters. The van der Waals surface area contributed by atoms with Gasteiger partial charge >= 0.3 is 21.1 Å². The van der Waals surface area contributed by atoms with Crippen LogP contribution >= 0.6 is 0 Å². The number of hydrogen-bond acceptors (Lipinski definition) is 10. The van der Waals surface area contributed by atoms with E-state index in [-0.39, 0.29) is 107 Å². The normalized spacial score (nSPS) is 12.1. The Labute approximate surface area is 908 Å². The number of aryl methyl sites for hydroxylation is 4. The van der Waals surface area contributed by atoms with E-state index in [1.165, 1.54) is 27.5 Å². The molecule has 148 heavy (non-hydrogen) atoms. The van der Waals surface area contributed by atoms with Crippen LogP contribution in [0, 0.1) is 13.8 Å². The molecule has 0 saturated heterocycles. The smallest absolute Gasteiger partial charge is 0.663 e. The molecule has 10 aromatic heterocycles. The Balaban J connectivity index is 0.000000144. The molecule has 0 radical (unpaired) electrons. The van der Waals surface area contributed by atoms with Gasteiger partial charge in [-0.3, -0.25) is 9.36 Å². The van der Waals surface area contributed by atoms with E-state index in [9.17, 15) is 10.2 Å². The molecule has 10 heterocycles. The average molecular weight is 2490 g/mol. The number of aromatic hydroxyl groups is 2. The van der Waals surface area contributed by atoms with E-state index in [0.717, 1.165) is 211 Å². The van der Waals surface area contributed by atoms with Gasteiger partial charge in [-0.05, 0) is 202 Å². The Morgan fingerprint density at radius 3 is 1.13 bits per heavy atom. The molecule has 2 N–H and O–H groups in total. The van der Waals surface area contributed by atoms with E-state index >= 15 is 0 Å². The van der Waals surface area contributed by atoms with Gasteiger partial charge in [0.1, 0.15) is 33.9 Å². The standard InChI is InChI=1S/C47H41N5.C41H41N5O.C40H39N5O.3Pt/c1-28-21-30-19-20-48-43(30)37(22-28)40-23-31(29-13-9-8-10-14-29)24-42(49-40)52-41-16-12-11-15-34(41)45(51-52)38-27-33(47(5,6)7)26-36-35-25-32(46(2,3)4)17-18-39(35)50-44(36)38;1-25-29-18-14-19-30(37(29)43-45(25)8)34-21-27(26-15-10-9-11-16-26)22-36(42-34)46-35-20-13-12-17-31(35)38(44-46)32-23-28(40(2,3)4)24-33(39(32)47)41(5,6)7;1-39(2,3)28-22-31(38(46)32(23-28)40(4,5)6)37-30-17-11-12-19-34(30)45(43-37)35-21-27(25-14-9-8-10-15-25)20-33(41-35)29-18-13-16-26-24-44(7)42-36(26)29;;;/h8-27H,1-7H3;9-24,47H,1-8H3;8-24,46H,1-7H3;;;/q-2;;;;;+2. The molecule has 20 heteroatoms. The molecule has 0 unspecified atom stereocenters. The number of pyridine rings is 3. The van der Waals surface area contributed by atoms with E-state index < -0.39 is 0 Å². The van der Waals surface area contributed by atoms with Crippen molar-refractivity contribution >= 4 is 87.2 Å². The van der Waals surface area contributed by atoms with Crippen LogP contribution in [0.4, 0.5) is 0 Å². The summed E-state index contributed by atoms with van der Waals surface area (Å²) in [4.78, 5) is 25.9. The number of hydrogen-bond donors (Lipinski definition) is 2. The van der Waals surface area contributed by atoms with Crippen molar-refractivity contribution in [3.63, 3.8) is 0 Å². The molecule has 0 amide bonds. The Hall–Kier alpha value is -14.3. The van der Waals surface area contributed by atoms with Crippen LogP contribution in [0.2, 0.25) is 0 Å². The van der Waals surface area contributed by atoms with E-state index in [1.807, 2.05) is 98.4 Å². The summed E-state index contributed by atoms with van der Waals surface area (Å²) in [5, 5.41) is 57.9. The summed E-state index contributed by atoms with van der Waals surface area (Å²) < 4.78 is 9.62. The van der Waals surface area contributed by atoms with Crippen molar-refractivity contribution in [2.75, 3.05) is 0 Å². The van der Waals surface area contributed by atoms with Crippen molar-refractivity contribution in [3.8, 4) is 130 Å². The predicted molar refractivity (Wildman–Crippen MR) is 598 cm³/mol. The van der Waals surface area contributed by atoms with Crippen LogP contribution in [0.15, 0.2) is 322 Å². The van der Waals surface area contributed by atoms with Gasteiger partial charge in [0.05, 0.1) is 39.3 Å². The number of phenols is 2. The van der Waals surface area contributed by atoms with Crippen LogP contribution in [0.1, 0.15) is 169 Å². The topological polar surface area (TPSA) is 196 Å². The van der Waals surface area contributed by atoms with Crippen LogP contribution < -0.4 is 9.97 Å². The zero-order valence-electron chi connectivity index (χ0n) is 87.7. The fourth-order valence-corrected chi connectivity index (χ4v) is 20.0. The first kappa shape index (κ1) is 104. The number of benzene rings is 13. The van der Waals surface area contributed by atoms with E-state index in [0.29, 0.717) is 11.6 Å². The molecule has 0 aliphatic heterocycles. The Morgan fingerprint density at radius 1 is 0.291 bits per heavy atom. The van der Waals surface area contributed by atoms with Crippen molar-refractivity contribution in [2.24, 2.45) is 14.1 Å². The quantitative estimate of drug-likeness (QED) is 0.118. The number of phenolic OH excluding ortho intramolecular Hbond substituents is 2. The fraction of sp³-hybridized carbons (Fsp3) is 0.219. The third-order valence-electron chi connectivity index (χ3n) is 28.2. The first-order valence-electron chi connectivity index (χ1n) is 50.0. The van der Waals surface area contributed by atoms with Gasteiger partial charge in [0.25, 0.3) is 0 Å². The monoisotopic (exact) mass is 2480 g/mol. The molecule has 750 valence electrons. The third-order valence-corrected chi connectivity index (χ3v) is 28.2. The van der Waals surface area contributed by atoms with Gasteiger partial charge in [0.2, 0.25) is 0 Å². The van der Waals surface area contributed by atoms with Crippen LogP contribution in [-0.2, 0) is 110 Å². The predicted octanol–water partition coefficient (Wildman–Crippen LogP) is 31.2. The zero-order valence-corrected chi connectivity index (χ0v) is 94.5. The van der Waals surface area contributed by atoms with Crippen molar-refractivity contribution in [2.45, 2.75) is 171 Å². The van der Waals surface area contributed by atoms with E-state index in [2.05, 4.69) is 399 Å². The molecule has 23 rings (SSSR count). The molecule has 0 aliphatic carbocycles. The Kier molecular flexibility index (Phi) is 27.8. The van der Waals surface area contributed by atoms with E-state index in [4.69, 9.17) is 50.4 Å². The van der Waals surface area contributed by atoms with Crippen molar-refractivity contribution < 1.29 is 73.4 Å². The molecule has 0 spiro atoms. The maximum absolute atomic E-state index is 11.8. The van der Waals surface area contributed by atoms with Gasteiger partial charge in [-0.2, -0.15) is 31.7 Å². The van der Waals surface area contributed by atoms with Gasteiger partial charge in [0.15, 0.2) is 17.5 Å². The molecule has 17 nitrogen and oxygen atoms in total. The van der Waals surface area contributed by atoms with Crippen molar-refractivity contribution in [1.82, 2.24) is 73.8 Å². The molecule has 13 aromatic carbocycles. The maximum atomic E-state index is 11.8.